The summed E-state index contributed by atoms with van der Waals surface area (Å²) in [7, 11) is 0. The fraction of sp³-hybridized carbons (Fsp3) is 0.714. The summed E-state index contributed by atoms with van der Waals surface area (Å²) in [5.41, 5.74) is 4.34. The first-order chi connectivity index (χ1) is 5.70. The molecule has 0 aromatic carbocycles. The Kier molecular flexibility index (Phi) is 5.95. The van der Waals surface area contributed by atoms with Crippen LogP contribution in [0.2, 0.25) is 0 Å². The smallest absolute Gasteiger partial charge is 0.238 e. The van der Waals surface area contributed by atoms with Crippen LogP contribution >= 0.6 is 0 Å². The Bertz CT molecular complexity index is 161. The van der Waals surface area contributed by atoms with Crippen LogP contribution in [0.25, 0.3) is 0 Å². The second kappa shape index (κ2) is 6.57. The summed E-state index contributed by atoms with van der Waals surface area (Å²) >= 11 is 0. The first kappa shape index (κ1) is 10.9. The van der Waals surface area contributed by atoms with Gasteiger partial charge < -0.3 is 0 Å². The zero-order valence-electron chi connectivity index (χ0n) is 7.02. The molecule has 0 aromatic rings. The summed E-state index contributed by atoms with van der Waals surface area (Å²) < 4.78 is 11.6. The molecule has 2 amide bonds. The number of carbonyl (C=O) groups is 2. The molecule has 4 nitrogen and oxygen atoms in total. The van der Waals surface area contributed by atoms with Gasteiger partial charge in [-0.2, -0.15) is 0 Å². The van der Waals surface area contributed by atoms with E-state index in [0.717, 1.165) is 0 Å². The maximum Gasteiger partial charge on any atom is 0.238 e. The quantitative estimate of drug-likeness (QED) is 0.605. The first-order valence-electron chi connectivity index (χ1n) is 3.84. The van der Waals surface area contributed by atoms with Crippen LogP contribution in [0.5, 0.6) is 0 Å². The second-order valence-electron chi connectivity index (χ2n) is 2.24. The molecule has 5 heteroatoms. The van der Waals surface area contributed by atoms with E-state index < -0.39 is 6.67 Å². The van der Waals surface area contributed by atoms with Crippen molar-refractivity contribution in [1.29, 1.82) is 0 Å². The lowest BCUT2D eigenvalue weighted by molar-refractivity contribution is -0.128. The molecule has 0 aliphatic rings. The molecule has 0 aromatic heterocycles. The van der Waals surface area contributed by atoms with Crippen molar-refractivity contribution in [3.63, 3.8) is 0 Å². The lowest BCUT2D eigenvalue weighted by atomic mass is 10.3. The van der Waals surface area contributed by atoms with Crippen molar-refractivity contribution in [2.24, 2.45) is 0 Å². The highest BCUT2D eigenvalue weighted by molar-refractivity contribution is 5.81. The van der Waals surface area contributed by atoms with Crippen LogP contribution in [0.4, 0.5) is 4.39 Å². The lowest BCUT2D eigenvalue weighted by Crippen LogP contribution is -2.41. The molecule has 0 saturated heterocycles. The lowest BCUT2D eigenvalue weighted by Gasteiger charge is -2.04. The summed E-state index contributed by atoms with van der Waals surface area (Å²) in [5.74, 6) is -0.627. The van der Waals surface area contributed by atoms with Crippen LogP contribution in [-0.2, 0) is 9.59 Å². The van der Waals surface area contributed by atoms with Gasteiger partial charge in [0.05, 0.1) is 6.67 Å². The van der Waals surface area contributed by atoms with Crippen LogP contribution in [0, 0.1) is 0 Å². The molecule has 0 aliphatic heterocycles. The molecule has 0 bridgehead atoms. The molecule has 2 N–H and O–H groups in total. The molecule has 70 valence electrons. The predicted octanol–water partition coefficient (Wildman–Crippen LogP) is 0.293. The van der Waals surface area contributed by atoms with Gasteiger partial charge in [0.15, 0.2) is 0 Å². The molecular formula is C7H13FN2O2. The highest BCUT2D eigenvalue weighted by Gasteiger charge is 2.01. The summed E-state index contributed by atoms with van der Waals surface area (Å²) in [6.07, 6.45) is 0.595. The van der Waals surface area contributed by atoms with E-state index in [1.165, 1.54) is 0 Å². The van der Waals surface area contributed by atoms with E-state index in [9.17, 15) is 14.0 Å². The molecule has 0 fully saturated rings. The second-order valence-corrected chi connectivity index (χ2v) is 2.24. The van der Waals surface area contributed by atoms with Gasteiger partial charge in [-0.25, -0.2) is 0 Å². The zero-order chi connectivity index (χ0) is 9.40. The Morgan fingerprint density at radius 2 is 1.83 bits per heavy atom. The van der Waals surface area contributed by atoms with Gasteiger partial charge in [-0.3, -0.25) is 24.8 Å². The van der Waals surface area contributed by atoms with Crippen LogP contribution in [0.3, 0.4) is 0 Å². The van der Waals surface area contributed by atoms with Gasteiger partial charge in [0, 0.05) is 12.8 Å². The Morgan fingerprint density at radius 3 is 2.33 bits per heavy atom. The summed E-state index contributed by atoms with van der Waals surface area (Å²) in [4.78, 5) is 21.3. The van der Waals surface area contributed by atoms with Gasteiger partial charge in [-0.05, 0) is 6.42 Å². The molecule has 0 aliphatic carbocycles. The predicted molar refractivity (Wildman–Crippen MR) is 41.8 cm³/mol. The number of hydrazine groups is 1. The number of hydrogen-bond acceptors (Lipinski definition) is 2. The van der Waals surface area contributed by atoms with E-state index in [0.29, 0.717) is 6.42 Å². The Hall–Kier alpha value is -1.13. The number of carbonyl (C=O) groups excluding carboxylic acids is 2. The fourth-order valence-corrected chi connectivity index (χ4v) is 0.518. The summed E-state index contributed by atoms with van der Waals surface area (Å²) in [6, 6.07) is 0. The summed E-state index contributed by atoms with van der Waals surface area (Å²) in [5, 5.41) is 0. The highest BCUT2D eigenvalue weighted by atomic mass is 19.1. The van der Waals surface area contributed by atoms with E-state index in [1.54, 1.807) is 6.92 Å². The Balaban J connectivity index is 3.37. The van der Waals surface area contributed by atoms with Crippen molar-refractivity contribution < 1.29 is 14.0 Å². The SMILES string of the molecule is CCC(=O)NNC(=O)CCCF. The number of alkyl halides is 1. The zero-order valence-corrected chi connectivity index (χ0v) is 7.02. The molecule has 0 heterocycles. The molecule has 0 atom stereocenters. The van der Waals surface area contributed by atoms with E-state index in [4.69, 9.17) is 0 Å². The number of nitrogens with one attached hydrogen (secondary N) is 2. The van der Waals surface area contributed by atoms with E-state index in [2.05, 4.69) is 10.9 Å². The van der Waals surface area contributed by atoms with Crippen molar-refractivity contribution >= 4 is 11.8 Å². The minimum Gasteiger partial charge on any atom is -0.273 e. The molecule has 12 heavy (non-hydrogen) atoms. The molecule has 0 radical (unpaired) electrons. The number of hydrogen-bond donors (Lipinski definition) is 2. The molecular weight excluding hydrogens is 163 g/mol. The summed E-state index contributed by atoms with van der Waals surface area (Å²) in [6.45, 7) is 1.15. The normalized spacial score (nSPS) is 9.17. The van der Waals surface area contributed by atoms with Crippen molar-refractivity contribution in [2.75, 3.05) is 6.67 Å². The van der Waals surface area contributed by atoms with Gasteiger partial charge in [0.1, 0.15) is 0 Å². The third kappa shape index (κ3) is 5.64. The molecule has 0 saturated carbocycles. The fourth-order valence-electron chi connectivity index (χ4n) is 0.518. The monoisotopic (exact) mass is 176 g/mol. The van der Waals surface area contributed by atoms with Gasteiger partial charge in [0.2, 0.25) is 11.8 Å². The third-order valence-corrected chi connectivity index (χ3v) is 1.20. The van der Waals surface area contributed by atoms with Gasteiger partial charge in [-0.15, -0.1) is 0 Å². The topological polar surface area (TPSA) is 58.2 Å². The van der Waals surface area contributed by atoms with Crippen LogP contribution < -0.4 is 10.9 Å². The van der Waals surface area contributed by atoms with Crippen molar-refractivity contribution in [2.45, 2.75) is 26.2 Å². The van der Waals surface area contributed by atoms with Gasteiger partial charge in [-0.1, -0.05) is 6.92 Å². The van der Waals surface area contributed by atoms with Crippen molar-refractivity contribution in [3.8, 4) is 0 Å². The number of rotatable bonds is 4. The molecule has 0 spiro atoms. The van der Waals surface area contributed by atoms with E-state index >= 15 is 0 Å². The van der Waals surface area contributed by atoms with Gasteiger partial charge >= 0.3 is 0 Å². The van der Waals surface area contributed by atoms with Crippen LogP contribution in [0.1, 0.15) is 26.2 Å². The van der Waals surface area contributed by atoms with Gasteiger partial charge in [0.25, 0.3) is 0 Å². The Morgan fingerprint density at radius 1 is 1.25 bits per heavy atom. The van der Waals surface area contributed by atoms with Crippen molar-refractivity contribution in [1.82, 2.24) is 10.9 Å². The van der Waals surface area contributed by atoms with Crippen LogP contribution in [-0.4, -0.2) is 18.5 Å². The Labute approximate surface area is 70.5 Å². The van der Waals surface area contributed by atoms with Crippen molar-refractivity contribution in [3.05, 3.63) is 0 Å². The largest absolute Gasteiger partial charge is 0.273 e. The minimum absolute atomic E-state index is 0.0977. The van der Waals surface area contributed by atoms with Crippen LogP contribution in [0.15, 0.2) is 0 Å². The first-order valence-corrected chi connectivity index (χ1v) is 3.84. The molecule has 0 rings (SSSR count). The minimum atomic E-state index is -0.519. The van der Waals surface area contributed by atoms with E-state index in [-0.39, 0.29) is 24.7 Å². The number of halogens is 1. The van der Waals surface area contributed by atoms with E-state index in [1.807, 2.05) is 0 Å². The average molecular weight is 176 g/mol. The molecule has 0 unspecified atom stereocenters. The maximum absolute atomic E-state index is 11.6. The standard InChI is InChI=1S/C7H13FN2O2/c1-2-6(11)9-10-7(12)4-3-5-8/h2-5H2,1H3,(H,9,11)(H,10,12). The average Bonchev–Trinajstić information content (AvgIpc) is 2.10. The maximum atomic E-state index is 11.6. The third-order valence-electron chi connectivity index (χ3n) is 1.20. The highest BCUT2D eigenvalue weighted by Crippen LogP contribution is 1.87. The number of amides is 2.